The molecule has 11 heteroatoms. The molecule has 0 bridgehead atoms. The Labute approximate surface area is 145 Å². The highest BCUT2D eigenvalue weighted by atomic mass is 127. The normalized spacial score (nSPS) is 51.7. The molecule has 136 valence electrons. The summed E-state index contributed by atoms with van der Waals surface area (Å²) in [5.74, 6) is 0. The molecule has 2 aliphatic heterocycles. The Balaban J connectivity index is 2.11. The van der Waals surface area contributed by atoms with Crippen molar-refractivity contribution in [3.05, 3.63) is 0 Å². The second-order valence-electron chi connectivity index (χ2n) is 5.48. The molecule has 0 aliphatic carbocycles. The number of rotatable bonds is 4. The molecule has 10 atom stereocenters. The van der Waals surface area contributed by atoms with Crippen molar-refractivity contribution in [3.63, 3.8) is 0 Å². The van der Waals surface area contributed by atoms with E-state index in [1.807, 2.05) is 0 Å². The molecule has 2 aliphatic rings. The zero-order chi connectivity index (χ0) is 17.3. The molecule has 0 radical (unpaired) electrons. The van der Waals surface area contributed by atoms with Crippen molar-refractivity contribution < 1.29 is 50.0 Å². The summed E-state index contributed by atoms with van der Waals surface area (Å²) in [5, 5.41) is 67.6. The van der Waals surface area contributed by atoms with E-state index in [4.69, 9.17) is 19.3 Å². The average molecular weight is 452 g/mol. The zero-order valence-corrected chi connectivity index (χ0v) is 14.1. The van der Waals surface area contributed by atoms with E-state index in [-0.39, 0.29) is 0 Å². The third-order valence-corrected chi connectivity index (χ3v) is 5.29. The zero-order valence-electron chi connectivity index (χ0n) is 11.9. The summed E-state index contributed by atoms with van der Waals surface area (Å²) in [7, 11) is 0. The van der Waals surface area contributed by atoms with Gasteiger partial charge in [0.25, 0.3) is 0 Å². The summed E-state index contributed by atoms with van der Waals surface area (Å²) in [6, 6.07) is 0. The van der Waals surface area contributed by atoms with Crippen LogP contribution >= 0.6 is 22.6 Å². The summed E-state index contributed by atoms with van der Waals surface area (Å²) < 4.78 is 15.0. The van der Waals surface area contributed by atoms with Gasteiger partial charge in [-0.05, 0) is 0 Å². The molecule has 0 aromatic carbocycles. The quantitative estimate of drug-likeness (QED) is 0.165. The van der Waals surface area contributed by atoms with E-state index in [1.165, 1.54) is 0 Å². The van der Waals surface area contributed by atoms with E-state index in [0.717, 1.165) is 0 Å². The first-order valence-electron chi connectivity index (χ1n) is 7.04. The predicted octanol–water partition coefficient (Wildman–Crippen LogP) is -3.95. The minimum atomic E-state index is -1.64. The Hall–Kier alpha value is 0.330. The van der Waals surface area contributed by atoms with Crippen LogP contribution in [0.1, 0.15) is 0 Å². The van der Waals surface area contributed by atoms with Gasteiger partial charge in [0.1, 0.15) is 36.6 Å². The maximum Gasteiger partial charge on any atom is 0.187 e. The van der Waals surface area contributed by atoms with Gasteiger partial charge in [0, 0.05) is 0 Å². The summed E-state index contributed by atoms with van der Waals surface area (Å²) >= 11 is 1.75. The second kappa shape index (κ2) is 8.14. The molecule has 2 fully saturated rings. The van der Waals surface area contributed by atoms with Gasteiger partial charge < -0.3 is 50.0 Å². The van der Waals surface area contributed by atoms with Crippen LogP contribution in [0.15, 0.2) is 0 Å². The van der Waals surface area contributed by atoms with E-state index >= 15 is 0 Å². The maximum atomic E-state index is 10.2. The molecule has 7 N–H and O–H groups in total. The molecular formula is C12H21IO10. The summed E-state index contributed by atoms with van der Waals surface area (Å²) in [4.78, 5) is 0. The molecule has 0 aromatic heterocycles. The summed E-state index contributed by atoms with van der Waals surface area (Å²) in [6.45, 7) is -1.19. The van der Waals surface area contributed by atoms with Crippen LogP contribution in [0.3, 0.4) is 0 Å². The first-order valence-corrected chi connectivity index (χ1v) is 8.28. The number of aliphatic hydroxyl groups is 7. The van der Waals surface area contributed by atoms with Gasteiger partial charge in [-0.2, -0.15) is 0 Å². The fraction of sp³-hybridized carbons (Fsp3) is 1.00. The largest absolute Gasteiger partial charge is 0.394 e. The highest BCUT2D eigenvalue weighted by Gasteiger charge is 2.49. The van der Waals surface area contributed by atoms with E-state index in [2.05, 4.69) is 0 Å². The fourth-order valence-corrected chi connectivity index (χ4v) is 3.13. The Morgan fingerprint density at radius 1 is 0.783 bits per heavy atom. The summed E-state index contributed by atoms with van der Waals surface area (Å²) in [5.41, 5.74) is 0. The SMILES string of the molecule is OCC1OC(OC2C(CO)OC(O)C(I)C2O)C(O)C(O)C1O. The lowest BCUT2D eigenvalue weighted by Crippen LogP contribution is -2.63. The maximum absolute atomic E-state index is 10.2. The second-order valence-corrected chi connectivity index (χ2v) is 6.92. The van der Waals surface area contributed by atoms with Crippen molar-refractivity contribution in [3.8, 4) is 0 Å². The molecule has 0 aromatic rings. The van der Waals surface area contributed by atoms with Crippen LogP contribution < -0.4 is 0 Å². The van der Waals surface area contributed by atoms with Gasteiger partial charge in [-0.3, -0.25) is 0 Å². The van der Waals surface area contributed by atoms with Crippen LogP contribution in [0.5, 0.6) is 0 Å². The summed E-state index contributed by atoms with van der Waals surface area (Å²) in [6.07, 6.45) is -12.2. The molecule has 10 unspecified atom stereocenters. The number of ether oxygens (including phenoxy) is 3. The van der Waals surface area contributed by atoms with Gasteiger partial charge in [0.15, 0.2) is 12.6 Å². The number of hydrogen-bond donors (Lipinski definition) is 7. The lowest BCUT2D eigenvalue weighted by molar-refractivity contribution is -0.340. The minimum Gasteiger partial charge on any atom is -0.394 e. The molecule has 10 nitrogen and oxygen atoms in total. The van der Waals surface area contributed by atoms with Crippen molar-refractivity contribution in [2.75, 3.05) is 13.2 Å². The van der Waals surface area contributed by atoms with Crippen LogP contribution in [0.4, 0.5) is 0 Å². The van der Waals surface area contributed by atoms with Crippen molar-refractivity contribution in [2.45, 2.75) is 59.2 Å². The van der Waals surface area contributed by atoms with Crippen LogP contribution in [0.2, 0.25) is 0 Å². The molecule has 0 amide bonds. The highest BCUT2D eigenvalue weighted by Crippen LogP contribution is 2.31. The van der Waals surface area contributed by atoms with Crippen molar-refractivity contribution >= 4 is 22.6 Å². The van der Waals surface area contributed by atoms with Crippen LogP contribution in [0, 0.1) is 0 Å². The Morgan fingerprint density at radius 3 is 1.96 bits per heavy atom. The smallest absolute Gasteiger partial charge is 0.187 e. The van der Waals surface area contributed by atoms with Crippen LogP contribution in [-0.4, -0.2) is 108 Å². The number of halogens is 1. The lowest BCUT2D eigenvalue weighted by Gasteiger charge is -2.45. The lowest BCUT2D eigenvalue weighted by atomic mass is 9.98. The van der Waals surface area contributed by atoms with Gasteiger partial charge >= 0.3 is 0 Å². The van der Waals surface area contributed by atoms with Crippen molar-refractivity contribution in [2.24, 2.45) is 0 Å². The van der Waals surface area contributed by atoms with Crippen LogP contribution in [0.25, 0.3) is 0 Å². The minimum absolute atomic E-state index is 0.570. The van der Waals surface area contributed by atoms with E-state index in [1.54, 1.807) is 22.6 Å². The van der Waals surface area contributed by atoms with Gasteiger partial charge in [-0.1, -0.05) is 22.6 Å². The molecule has 0 spiro atoms. The van der Waals surface area contributed by atoms with Gasteiger partial charge in [0.05, 0.1) is 23.2 Å². The highest BCUT2D eigenvalue weighted by molar-refractivity contribution is 14.1. The number of alkyl halides is 1. The third-order valence-electron chi connectivity index (χ3n) is 3.94. The molecule has 2 saturated heterocycles. The van der Waals surface area contributed by atoms with Crippen molar-refractivity contribution in [1.29, 1.82) is 0 Å². The third kappa shape index (κ3) is 3.95. The number of hydrogen-bond acceptors (Lipinski definition) is 10. The number of aliphatic hydroxyl groups excluding tert-OH is 7. The molecule has 2 rings (SSSR count). The van der Waals surface area contributed by atoms with Crippen LogP contribution in [-0.2, 0) is 14.2 Å². The van der Waals surface area contributed by atoms with E-state index in [9.17, 15) is 30.6 Å². The molecule has 23 heavy (non-hydrogen) atoms. The Morgan fingerprint density at radius 2 is 1.39 bits per heavy atom. The fourth-order valence-electron chi connectivity index (χ4n) is 2.55. The van der Waals surface area contributed by atoms with E-state index in [0.29, 0.717) is 0 Å². The molecule has 0 saturated carbocycles. The topological polar surface area (TPSA) is 169 Å². The van der Waals surface area contributed by atoms with Crippen molar-refractivity contribution in [1.82, 2.24) is 0 Å². The van der Waals surface area contributed by atoms with Gasteiger partial charge in [-0.15, -0.1) is 0 Å². The average Bonchev–Trinajstić information content (AvgIpc) is 2.55. The van der Waals surface area contributed by atoms with Gasteiger partial charge in [-0.25, -0.2) is 0 Å². The standard InChI is InChI=1S/C12H21IO10/c13-5-7(17)10(4(2-15)21-11(5)20)23-12-9(19)8(18)6(16)3(1-14)22-12/h3-12,14-20H,1-2H2. The first-order chi connectivity index (χ1) is 10.8. The molecular weight excluding hydrogens is 431 g/mol. The first kappa shape index (κ1) is 19.7. The van der Waals surface area contributed by atoms with Gasteiger partial charge in [0.2, 0.25) is 0 Å². The monoisotopic (exact) mass is 452 g/mol. The Kier molecular flexibility index (Phi) is 6.95. The Bertz CT molecular complexity index is 383. The predicted molar refractivity (Wildman–Crippen MR) is 80.4 cm³/mol. The van der Waals surface area contributed by atoms with E-state index < -0.39 is 72.4 Å². The molecule has 2 heterocycles.